The topological polar surface area (TPSA) is 134 Å². The van der Waals surface area contributed by atoms with E-state index in [2.05, 4.69) is 21.1 Å². The van der Waals surface area contributed by atoms with Gasteiger partial charge in [0.1, 0.15) is 11.7 Å². The first-order valence-corrected chi connectivity index (χ1v) is 10.3. The standard InChI is InChI=1S/C23H21F3N4O5/c1-12(2)19(21(32)33)29-20(31)18-11-17(30-35-18)13-3-7-15(8-4-13)27-22(34)28-16-9-5-14(6-10-16)23(24,25)26/h3-12,19H,1-2H3,(H,29,31)(H,32,33)(H2,27,28,34). The van der Waals surface area contributed by atoms with Gasteiger partial charge in [-0.25, -0.2) is 9.59 Å². The van der Waals surface area contributed by atoms with Crippen LogP contribution in [-0.2, 0) is 11.0 Å². The Morgan fingerprint density at radius 1 is 0.943 bits per heavy atom. The Balaban J connectivity index is 1.60. The molecule has 0 saturated carbocycles. The van der Waals surface area contributed by atoms with Crippen molar-refractivity contribution in [3.63, 3.8) is 0 Å². The minimum absolute atomic E-state index is 0.162. The maximum absolute atomic E-state index is 12.6. The van der Waals surface area contributed by atoms with Gasteiger partial charge in [0.2, 0.25) is 5.76 Å². The average molecular weight is 490 g/mol. The molecule has 0 saturated heterocycles. The van der Waals surface area contributed by atoms with E-state index >= 15 is 0 Å². The summed E-state index contributed by atoms with van der Waals surface area (Å²) in [6.07, 6.45) is -4.47. The molecule has 3 amide bonds. The summed E-state index contributed by atoms with van der Waals surface area (Å²) < 4.78 is 42.9. The smallest absolute Gasteiger partial charge is 0.416 e. The van der Waals surface area contributed by atoms with E-state index in [9.17, 15) is 32.7 Å². The van der Waals surface area contributed by atoms with Crippen molar-refractivity contribution in [1.82, 2.24) is 10.5 Å². The number of alkyl halides is 3. The fraction of sp³-hybridized carbons (Fsp3) is 0.217. The van der Waals surface area contributed by atoms with Gasteiger partial charge in [-0.3, -0.25) is 4.79 Å². The molecule has 3 rings (SSSR count). The molecule has 12 heteroatoms. The normalized spacial score (nSPS) is 12.2. The molecule has 1 aromatic heterocycles. The van der Waals surface area contributed by atoms with Gasteiger partial charge in [0.15, 0.2) is 0 Å². The summed E-state index contributed by atoms with van der Waals surface area (Å²) >= 11 is 0. The first-order valence-electron chi connectivity index (χ1n) is 10.3. The van der Waals surface area contributed by atoms with E-state index < -0.39 is 35.7 Å². The number of amides is 3. The highest BCUT2D eigenvalue weighted by Gasteiger charge is 2.30. The number of halogens is 3. The summed E-state index contributed by atoms with van der Waals surface area (Å²) in [6, 6.07) is 9.92. The van der Waals surface area contributed by atoms with Gasteiger partial charge in [-0.2, -0.15) is 13.2 Å². The van der Waals surface area contributed by atoms with Crippen LogP contribution in [0.15, 0.2) is 59.1 Å². The summed E-state index contributed by atoms with van der Waals surface area (Å²) in [6.45, 7) is 3.31. The van der Waals surface area contributed by atoms with Gasteiger partial charge >= 0.3 is 18.2 Å². The van der Waals surface area contributed by atoms with Gasteiger partial charge in [-0.15, -0.1) is 0 Å². The molecule has 1 atom stereocenters. The van der Waals surface area contributed by atoms with Crippen LogP contribution in [0.25, 0.3) is 11.3 Å². The Morgan fingerprint density at radius 3 is 1.97 bits per heavy atom. The summed E-state index contributed by atoms with van der Waals surface area (Å²) in [7, 11) is 0. The number of nitrogens with one attached hydrogen (secondary N) is 3. The number of anilines is 2. The lowest BCUT2D eigenvalue weighted by molar-refractivity contribution is -0.140. The van der Waals surface area contributed by atoms with E-state index in [4.69, 9.17) is 4.52 Å². The predicted octanol–water partition coefficient (Wildman–Crippen LogP) is 4.84. The Bertz CT molecular complexity index is 1210. The first kappa shape index (κ1) is 25.3. The van der Waals surface area contributed by atoms with Crippen molar-refractivity contribution < 1.29 is 37.2 Å². The Labute approximate surface area is 197 Å². The van der Waals surface area contributed by atoms with E-state index in [0.29, 0.717) is 16.9 Å². The molecule has 2 aromatic carbocycles. The zero-order valence-corrected chi connectivity index (χ0v) is 18.5. The number of aromatic nitrogens is 1. The average Bonchev–Trinajstić information content (AvgIpc) is 3.27. The van der Waals surface area contributed by atoms with Crippen molar-refractivity contribution >= 4 is 29.3 Å². The van der Waals surface area contributed by atoms with Crippen molar-refractivity contribution in [1.29, 1.82) is 0 Å². The third-order valence-electron chi connectivity index (χ3n) is 4.86. The molecule has 4 N–H and O–H groups in total. The van der Waals surface area contributed by atoms with Crippen molar-refractivity contribution in [3.8, 4) is 11.3 Å². The molecule has 35 heavy (non-hydrogen) atoms. The number of benzene rings is 2. The lowest BCUT2D eigenvalue weighted by Gasteiger charge is -2.16. The van der Waals surface area contributed by atoms with E-state index in [0.717, 1.165) is 24.3 Å². The van der Waals surface area contributed by atoms with Crippen LogP contribution in [0.3, 0.4) is 0 Å². The van der Waals surface area contributed by atoms with Crippen LogP contribution in [-0.4, -0.2) is 34.2 Å². The van der Waals surface area contributed by atoms with Gasteiger partial charge < -0.3 is 25.6 Å². The number of hydrogen-bond donors (Lipinski definition) is 4. The van der Waals surface area contributed by atoms with Crippen LogP contribution in [0.5, 0.6) is 0 Å². The number of hydrogen-bond acceptors (Lipinski definition) is 5. The lowest BCUT2D eigenvalue weighted by atomic mass is 10.0. The number of carboxylic acids is 1. The molecule has 0 aliphatic carbocycles. The largest absolute Gasteiger partial charge is 0.480 e. The molecule has 184 valence electrons. The molecule has 9 nitrogen and oxygen atoms in total. The van der Waals surface area contributed by atoms with Crippen LogP contribution in [0, 0.1) is 5.92 Å². The maximum atomic E-state index is 12.6. The second-order valence-electron chi connectivity index (χ2n) is 7.84. The first-order chi connectivity index (χ1) is 16.4. The minimum Gasteiger partial charge on any atom is -0.480 e. The zero-order chi connectivity index (χ0) is 25.8. The number of carbonyl (C=O) groups is 3. The lowest BCUT2D eigenvalue weighted by Crippen LogP contribution is -2.44. The van der Waals surface area contributed by atoms with Crippen LogP contribution in [0.4, 0.5) is 29.3 Å². The molecule has 0 aliphatic heterocycles. The van der Waals surface area contributed by atoms with E-state index in [-0.39, 0.29) is 17.4 Å². The quantitative estimate of drug-likeness (QED) is 0.374. The monoisotopic (exact) mass is 490 g/mol. The number of urea groups is 1. The Hall–Kier alpha value is -4.35. The van der Waals surface area contributed by atoms with Gasteiger partial charge in [0.05, 0.1) is 5.56 Å². The molecule has 1 unspecified atom stereocenters. The van der Waals surface area contributed by atoms with Gasteiger partial charge in [0.25, 0.3) is 5.91 Å². The van der Waals surface area contributed by atoms with Gasteiger partial charge in [-0.05, 0) is 42.3 Å². The van der Waals surface area contributed by atoms with Crippen LogP contribution >= 0.6 is 0 Å². The highest BCUT2D eigenvalue weighted by molar-refractivity contribution is 6.00. The summed E-state index contributed by atoms with van der Waals surface area (Å²) in [5, 5.41) is 20.4. The molecule has 0 fully saturated rings. The number of nitrogens with zero attached hydrogens (tertiary/aromatic N) is 1. The van der Waals surface area contributed by atoms with Crippen molar-refractivity contribution in [3.05, 3.63) is 65.9 Å². The maximum Gasteiger partial charge on any atom is 0.416 e. The summed E-state index contributed by atoms with van der Waals surface area (Å²) in [4.78, 5) is 35.7. The fourth-order valence-electron chi connectivity index (χ4n) is 3.00. The van der Waals surface area contributed by atoms with Crippen molar-refractivity contribution in [2.24, 2.45) is 5.92 Å². The highest BCUT2D eigenvalue weighted by atomic mass is 19.4. The van der Waals surface area contributed by atoms with Crippen LogP contribution in [0.2, 0.25) is 0 Å². The predicted molar refractivity (Wildman–Crippen MR) is 120 cm³/mol. The third kappa shape index (κ3) is 6.59. The van der Waals surface area contributed by atoms with Gasteiger partial charge in [0, 0.05) is 23.0 Å². The summed E-state index contributed by atoms with van der Waals surface area (Å²) in [5.41, 5.74) is 0.616. The van der Waals surface area contributed by atoms with E-state index in [1.807, 2.05) is 0 Å². The number of carbonyl (C=O) groups excluding carboxylic acids is 2. The Kier molecular flexibility index (Phi) is 7.43. The molecule has 1 heterocycles. The molecule has 0 aliphatic rings. The number of rotatable bonds is 7. The molecule has 3 aromatic rings. The second kappa shape index (κ2) is 10.3. The molecule has 0 radical (unpaired) electrons. The minimum atomic E-state index is -4.47. The third-order valence-corrected chi connectivity index (χ3v) is 4.86. The molecule has 0 spiro atoms. The van der Waals surface area contributed by atoms with Gasteiger partial charge in [-0.1, -0.05) is 31.1 Å². The van der Waals surface area contributed by atoms with E-state index in [1.165, 1.54) is 6.07 Å². The highest BCUT2D eigenvalue weighted by Crippen LogP contribution is 2.30. The Morgan fingerprint density at radius 2 is 1.49 bits per heavy atom. The van der Waals surface area contributed by atoms with E-state index in [1.54, 1.807) is 38.1 Å². The summed E-state index contributed by atoms with van der Waals surface area (Å²) in [5.74, 6) is -2.39. The molecular weight excluding hydrogens is 469 g/mol. The van der Waals surface area contributed by atoms with Crippen molar-refractivity contribution in [2.75, 3.05) is 10.6 Å². The van der Waals surface area contributed by atoms with Crippen LogP contribution < -0.4 is 16.0 Å². The SMILES string of the molecule is CC(C)C(NC(=O)c1cc(-c2ccc(NC(=O)Nc3ccc(C(F)(F)F)cc3)cc2)no1)C(=O)O. The van der Waals surface area contributed by atoms with Crippen LogP contribution in [0.1, 0.15) is 30.0 Å². The number of aliphatic carboxylic acids is 1. The number of carboxylic acid groups (broad SMARTS) is 1. The fourth-order valence-corrected chi connectivity index (χ4v) is 3.00. The molecule has 0 bridgehead atoms. The zero-order valence-electron chi connectivity index (χ0n) is 18.5. The molecular formula is C23H21F3N4O5. The second-order valence-corrected chi connectivity index (χ2v) is 7.84. The van der Waals surface area contributed by atoms with Crippen molar-refractivity contribution in [2.45, 2.75) is 26.1 Å².